The fourth-order valence-corrected chi connectivity index (χ4v) is 7.33. The average Bonchev–Trinajstić information content (AvgIpc) is 3.47. The maximum atomic E-state index is 14.6. The minimum absolute atomic E-state index is 0.0138. The number of carboxylic acid groups (broad SMARTS) is 1. The van der Waals surface area contributed by atoms with Crippen molar-refractivity contribution in [3.05, 3.63) is 29.8 Å². The molecule has 19 heteroatoms. The molecule has 0 unspecified atom stereocenters. The van der Waals surface area contributed by atoms with Crippen molar-refractivity contribution in [3.63, 3.8) is 0 Å². The third-order valence-electron chi connectivity index (χ3n) is 10.1. The summed E-state index contributed by atoms with van der Waals surface area (Å²) in [6.07, 6.45) is -12.2. The molecular formula is C35H54N6O13. The Morgan fingerprint density at radius 1 is 1.00 bits per heavy atom. The molecule has 0 spiro atoms. The summed E-state index contributed by atoms with van der Waals surface area (Å²) in [7, 11) is 0. The standard InChI is InChI=1S/C35H54N6O13/c1-16(2)11-20(40-31(49)24(44)12-17-5-7-19(42)8-6-17)32(50)41-21-15-25(53-34-28(47)26(45)27(46)29(54-34)33(51)52)23(43)14-18(21)13-22(41)30(48)38-9-3-4-10-39-35(36)37/h5-8,16,18,20-29,34,42-47H,3-4,9-15H2,1-2H3,(H,38,48)(H,40,49)(H,51,52)(H4,36,37,39)/t18-,20-,21+,22+,23+,24+,25+,26+,27+,28-,29+,34+/m1/s1. The van der Waals surface area contributed by atoms with E-state index in [1.54, 1.807) is 12.1 Å². The number of nitrogens with zero attached hydrogens (tertiary/aromatic N) is 2. The number of fused-ring (bicyclic) bond motifs is 1. The lowest BCUT2D eigenvalue weighted by atomic mass is 9.81. The van der Waals surface area contributed by atoms with Gasteiger partial charge >= 0.3 is 5.97 Å². The number of aliphatic imine (C=N–C) groups is 1. The number of carbonyl (C=O) groups is 4. The van der Waals surface area contributed by atoms with Crippen LogP contribution in [-0.2, 0) is 35.1 Å². The molecule has 19 nitrogen and oxygen atoms in total. The zero-order chi connectivity index (χ0) is 39.9. The Balaban J connectivity index is 1.57. The molecule has 0 radical (unpaired) electrons. The molecule has 1 aromatic carbocycles. The smallest absolute Gasteiger partial charge is 0.335 e. The Kier molecular flexibility index (Phi) is 15.0. The number of hydrogen-bond donors (Lipinski definition) is 11. The van der Waals surface area contributed by atoms with Crippen LogP contribution in [0.15, 0.2) is 29.3 Å². The molecule has 4 rings (SSSR count). The highest BCUT2D eigenvalue weighted by molar-refractivity contribution is 5.93. The van der Waals surface area contributed by atoms with Gasteiger partial charge < -0.3 is 72.2 Å². The first kappa shape index (κ1) is 42.6. The first-order valence-corrected chi connectivity index (χ1v) is 18.2. The zero-order valence-corrected chi connectivity index (χ0v) is 30.3. The monoisotopic (exact) mass is 766 g/mol. The summed E-state index contributed by atoms with van der Waals surface area (Å²) in [6.45, 7) is 4.27. The van der Waals surface area contributed by atoms with Gasteiger partial charge in [0.25, 0.3) is 0 Å². The zero-order valence-electron chi connectivity index (χ0n) is 30.3. The molecule has 0 bridgehead atoms. The molecule has 54 heavy (non-hydrogen) atoms. The second-order valence-electron chi connectivity index (χ2n) is 14.7. The van der Waals surface area contributed by atoms with Gasteiger partial charge in [-0.05, 0) is 68.1 Å². The quantitative estimate of drug-likeness (QED) is 0.0454. The Bertz CT molecular complexity index is 1480. The number of hydrogen-bond acceptors (Lipinski definition) is 13. The van der Waals surface area contributed by atoms with Crippen molar-refractivity contribution >= 4 is 29.7 Å². The number of phenolic OH excluding ortho intramolecular Hbond substituents is 1. The van der Waals surface area contributed by atoms with Gasteiger partial charge in [-0.25, -0.2) is 4.79 Å². The fourth-order valence-electron chi connectivity index (χ4n) is 7.33. The van der Waals surface area contributed by atoms with Crippen LogP contribution in [0.4, 0.5) is 0 Å². The van der Waals surface area contributed by atoms with Gasteiger partial charge in [0.05, 0.1) is 12.2 Å². The number of benzene rings is 1. The molecule has 1 saturated carbocycles. The predicted molar refractivity (Wildman–Crippen MR) is 189 cm³/mol. The second kappa shape index (κ2) is 19.0. The topological polar surface area (TPSA) is 320 Å². The van der Waals surface area contributed by atoms with E-state index in [0.29, 0.717) is 24.9 Å². The van der Waals surface area contributed by atoms with Crippen LogP contribution in [0.5, 0.6) is 5.75 Å². The Labute approximate surface area is 312 Å². The predicted octanol–water partition coefficient (Wildman–Crippen LogP) is -2.99. The summed E-state index contributed by atoms with van der Waals surface area (Å²) in [5.74, 6) is -4.10. The van der Waals surface area contributed by atoms with Crippen LogP contribution in [0.2, 0.25) is 0 Å². The molecule has 2 aliphatic heterocycles. The van der Waals surface area contributed by atoms with E-state index >= 15 is 0 Å². The van der Waals surface area contributed by atoms with Crippen LogP contribution in [-0.4, -0.2) is 151 Å². The SMILES string of the molecule is CC(C)C[C@@H](NC(=O)[C@@H](O)Cc1ccc(O)cc1)C(=O)N1[C@H](C(=O)NCCCCN=C(N)N)C[C@@H]2C[C@H](O)[C@@H](O[C@H]3O[C@H](C(=O)O)[C@@H](O)[C@H](O)[C@H]3O)C[C@@H]21. The Morgan fingerprint density at radius 3 is 2.31 bits per heavy atom. The van der Waals surface area contributed by atoms with Gasteiger partial charge in [-0.1, -0.05) is 26.0 Å². The number of aromatic hydroxyl groups is 1. The van der Waals surface area contributed by atoms with Crippen molar-refractivity contribution in [2.45, 2.75) is 126 Å². The molecule has 3 amide bonds. The number of phenols is 1. The van der Waals surface area contributed by atoms with Gasteiger partial charge in [-0.2, -0.15) is 0 Å². The normalized spacial score (nSPS) is 30.6. The fraction of sp³-hybridized carbons (Fsp3) is 0.686. The minimum Gasteiger partial charge on any atom is -0.508 e. The molecule has 302 valence electrons. The van der Waals surface area contributed by atoms with Crippen LogP contribution in [0, 0.1) is 11.8 Å². The number of amides is 3. The molecular weight excluding hydrogens is 712 g/mol. The van der Waals surface area contributed by atoms with E-state index in [4.69, 9.17) is 20.9 Å². The Morgan fingerprint density at radius 2 is 1.69 bits per heavy atom. The lowest BCUT2D eigenvalue weighted by Gasteiger charge is -2.44. The van der Waals surface area contributed by atoms with E-state index in [1.165, 1.54) is 17.0 Å². The van der Waals surface area contributed by atoms with E-state index in [-0.39, 0.29) is 56.3 Å². The van der Waals surface area contributed by atoms with Crippen LogP contribution >= 0.6 is 0 Å². The van der Waals surface area contributed by atoms with Gasteiger partial charge in [0.15, 0.2) is 18.4 Å². The number of likely N-dealkylation sites (tertiary alicyclic amines) is 1. The van der Waals surface area contributed by atoms with E-state index in [1.807, 2.05) is 13.8 Å². The maximum absolute atomic E-state index is 14.6. The van der Waals surface area contributed by atoms with Crippen molar-refractivity contribution in [2.75, 3.05) is 13.1 Å². The number of unbranched alkanes of at least 4 members (excludes halogenated alkanes) is 1. The number of nitrogens with one attached hydrogen (secondary N) is 2. The molecule has 1 aromatic rings. The minimum atomic E-state index is -1.96. The lowest BCUT2D eigenvalue weighted by Crippen LogP contribution is -2.62. The molecule has 3 aliphatic rings. The largest absolute Gasteiger partial charge is 0.508 e. The molecule has 12 atom stereocenters. The van der Waals surface area contributed by atoms with E-state index in [9.17, 15) is 54.9 Å². The van der Waals surface area contributed by atoms with Crippen molar-refractivity contribution in [1.82, 2.24) is 15.5 Å². The van der Waals surface area contributed by atoms with E-state index < -0.39 is 96.8 Å². The van der Waals surface area contributed by atoms with Crippen LogP contribution in [0.3, 0.4) is 0 Å². The number of guanidine groups is 1. The highest BCUT2D eigenvalue weighted by atomic mass is 16.7. The summed E-state index contributed by atoms with van der Waals surface area (Å²) in [5, 5.41) is 77.5. The number of ether oxygens (including phenoxy) is 2. The van der Waals surface area contributed by atoms with E-state index in [2.05, 4.69) is 15.6 Å². The molecule has 0 aromatic heterocycles. The first-order chi connectivity index (χ1) is 25.5. The van der Waals surface area contributed by atoms with Gasteiger partial charge in [0.2, 0.25) is 17.7 Å². The summed E-state index contributed by atoms with van der Waals surface area (Å²) in [5.41, 5.74) is 11.3. The second-order valence-corrected chi connectivity index (χ2v) is 14.7. The third kappa shape index (κ3) is 10.8. The van der Waals surface area contributed by atoms with Crippen molar-refractivity contribution in [1.29, 1.82) is 0 Å². The van der Waals surface area contributed by atoms with Crippen molar-refractivity contribution in [2.24, 2.45) is 28.3 Å². The van der Waals surface area contributed by atoms with Gasteiger partial charge in [-0.15, -0.1) is 0 Å². The molecule has 3 fully saturated rings. The summed E-state index contributed by atoms with van der Waals surface area (Å²) >= 11 is 0. The molecule has 13 N–H and O–H groups in total. The highest BCUT2D eigenvalue weighted by Crippen LogP contribution is 2.42. The van der Waals surface area contributed by atoms with Crippen LogP contribution in [0.25, 0.3) is 0 Å². The maximum Gasteiger partial charge on any atom is 0.335 e. The van der Waals surface area contributed by atoms with Crippen LogP contribution in [0.1, 0.15) is 57.9 Å². The summed E-state index contributed by atoms with van der Waals surface area (Å²) < 4.78 is 11.1. The summed E-state index contributed by atoms with van der Waals surface area (Å²) in [4.78, 5) is 58.6. The number of aliphatic hydroxyl groups is 5. The lowest BCUT2D eigenvalue weighted by molar-refractivity contribution is -0.313. The number of carbonyl (C=O) groups excluding carboxylic acids is 3. The van der Waals surface area contributed by atoms with Gasteiger partial charge in [0.1, 0.15) is 42.2 Å². The number of rotatable bonds is 16. The summed E-state index contributed by atoms with van der Waals surface area (Å²) in [6, 6.07) is 2.98. The molecule has 1 aliphatic carbocycles. The number of nitrogens with two attached hydrogens (primary N) is 2. The Hall–Kier alpha value is -4.11. The van der Waals surface area contributed by atoms with Gasteiger partial charge in [-0.3, -0.25) is 19.4 Å². The first-order valence-electron chi connectivity index (χ1n) is 18.2. The molecule has 2 heterocycles. The number of aliphatic hydroxyl groups excluding tert-OH is 5. The number of carboxylic acids is 1. The van der Waals surface area contributed by atoms with Crippen molar-refractivity contribution < 1.29 is 64.4 Å². The van der Waals surface area contributed by atoms with E-state index in [0.717, 1.165) is 0 Å². The van der Waals surface area contributed by atoms with Gasteiger partial charge in [0, 0.05) is 25.6 Å². The average molecular weight is 767 g/mol. The molecule has 2 saturated heterocycles. The third-order valence-corrected chi connectivity index (χ3v) is 10.1. The van der Waals surface area contributed by atoms with Crippen molar-refractivity contribution in [3.8, 4) is 5.75 Å². The van der Waals surface area contributed by atoms with Crippen LogP contribution < -0.4 is 22.1 Å². The number of aliphatic carboxylic acids is 1. The highest BCUT2D eigenvalue weighted by Gasteiger charge is 2.54.